The summed E-state index contributed by atoms with van der Waals surface area (Å²) >= 11 is 1.64. The largest absolute Gasteiger partial charge is 0.573 e. The molecule has 1 aliphatic carbocycles. The lowest BCUT2D eigenvalue weighted by Crippen LogP contribution is -2.43. The van der Waals surface area contributed by atoms with Crippen LogP contribution in [0.1, 0.15) is 30.6 Å². The molecule has 0 radical (unpaired) electrons. The van der Waals surface area contributed by atoms with Gasteiger partial charge in [-0.05, 0) is 48.6 Å². The lowest BCUT2D eigenvalue weighted by Gasteiger charge is -2.28. The van der Waals surface area contributed by atoms with Gasteiger partial charge in [-0.15, -0.1) is 24.5 Å². The van der Waals surface area contributed by atoms with E-state index in [1.165, 1.54) is 17.0 Å². The summed E-state index contributed by atoms with van der Waals surface area (Å²) in [5, 5.41) is 7.06. The molecule has 3 rings (SSSR count). The lowest BCUT2D eigenvalue weighted by molar-refractivity contribution is -0.274. The van der Waals surface area contributed by atoms with Crippen LogP contribution in [-0.2, 0) is 15.0 Å². The van der Waals surface area contributed by atoms with Gasteiger partial charge in [-0.3, -0.25) is 9.59 Å². The van der Waals surface area contributed by atoms with Crippen LogP contribution in [0.15, 0.2) is 41.8 Å². The monoisotopic (exact) mass is 412 g/mol. The molecule has 0 atom stereocenters. The molecule has 1 aromatic carbocycles. The number of rotatable bonds is 5. The molecule has 0 aliphatic heterocycles. The van der Waals surface area contributed by atoms with E-state index in [1.807, 2.05) is 17.5 Å². The van der Waals surface area contributed by atoms with Crippen LogP contribution in [0, 0.1) is 0 Å². The van der Waals surface area contributed by atoms with Crippen molar-refractivity contribution in [2.45, 2.75) is 37.5 Å². The lowest BCUT2D eigenvalue weighted by atomic mass is 9.84. The number of ether oxygens (including phenoxy) is 1. The molecule has 1 fully saturated rings. The van der Waals surface area contributed by atoms with Crippen molar-refractivity contribution < 1.29 is 27.5 Å². The molecule has 2 N–H and O–H groups in total. The first-order valence-corrected chi connectivity index (χ1v) is 9.64. The summed E-state index contributed by atoms with van der Waals surface area (Å²) in [6, 6.07) is 8.61. The van der Waals surface area contributed by atoms with Gasteiger partial charge in [0.1, 0.15) is 5.75 Å². The number of benzene rings is 1. The highest BCUT2D eigenvalue weighted by molar-refractivity contribution is 7.10. The predicted molar refractivity (Wildman–Crippen MR) is 99.2 cm³/mol. The van der Waals surface area contributed by atoms with Gasteiger partial charge < -0.3 is 15.4 Å². The van der Waals surface area contributed by atoms with Crippen molar-refractivity contribution in [3.63, 3.8) is 0 Å². The van der Waals surface area contributed by atoms with Gasteiger partial charge in [0.15, 0.2) is 0 Å². The number of nitrogens with one attached hydrogen (secondary N) is 2. The maximum absolute atomic E-state index is 12.2. The Labute approximate surface area is 163 Å². The van der Waals surface area contributed by atoms with Gasteiger partial charge in [-0.25, -0.2) is 0 Å². The van der Waals surface area contributed by atoms with E-state index in [4.69, 9.17) is 0 Å². The molecule has 5 nitrogen and oxygen atoms in total. The predicted octanol–water partition coefficient (Wildman–Crippen LogP) is 4.21. The second kappa shape index (κ2) is 8.22. The van der Waals surface area contributed by atoms with Crippen LogP contribution in [0.25, 0.3) is 0 Å². The number of carbonyl (C=O) groups excluding carboxylic acids is 2. The number of anilines is 1. The molecular weight excluding hydrogens is 393 g/mol. The minimum absolute atomic E-state index is 0.138. The van der Waals surface area contributed by atoms with Crippen molar-refractivity contribution in [2.75, 3.05) is 11.9 Å². The molecule has 0 bridgehead atoms. The second-order valence-corrected chi connectivity index (χ2v) is 7.62. The van der Waals surface area contributed by atoms with Crippen molar-refractivity contribution in [3.8, 4) is 5.75 Å². The van der Waals surface area contributed by atoms with E-state index in [2.05, 4.69) is 15.4 Å². The van der Waals surface area contributed by atoms with Crippen LogP contribution in [-0.4, -0.2) is 24.7 Å². The third-order valence-corrected chi connectivity index (χ3v) is 5.86. The highest BCUT2D eigenvalue weighted by Gasteiger charge is 2.37. The van der Waals surface area contributed by atoms with E-state index < -0.39 is 23.9 Å². The van der Waals surface area contributed by atoms with E-state index in [1.54, 1.807) is 11.3 Å². The summed E-state index contributed by atoms with van der Waals surface area (Å²) in [4.78, 5) is 25.5. The first-order valence-electron chi connectivity index (χ1n) is 8.76. The fraction of sp³-hybridized carbons (Fsp3) is 0.368. The van der Waals surface area contributed by atoms with E-state index in [-0.39, 0.29) is 11.1 Å². The quantitative estimate of drug-likeness (QED) is 0.723. The molecule has 0 saturated heterocycles. The molecule has 0 unspecified atom stereocenters. The van der Waals surface area contributed by atoms with Gasteiger partial charge in [0.2, 0.25) is 0 Å². The average Bonchev–Trinajstić information content (AvgIpc) is 3.32. The Balaban J connectivity index is 1.55. The Morgan fingerprint density at radius 3 is 2.32 bits per heavy atom. The minimum atomic E-state index is -4.79. The Kier molecular flexibility index (Phi) is 5.93. The van der Waals surface area contributed by atoms with E-state index in [9.17, 15) is 22.8 Å². The smallest absolute Gasteiger partial charge is 0.406 e. The zero-order chi connectivity index (χ0) is 20.2. The molecule has 1 heterocycles. The zero-order valence-corrected chi connectivity index (χ0v) is 15.7. The molecule has 9 heteroatoms. The van der Waals surface area contributed by atoms with Crippen molar-refractivity contribution in [1.82, 2.24) is 5.32 Å². The normalized spacial score (nSPS) is 15.8. The second-order valence-electron chi connectivity index (χ2n) is 6.67. The fourth-order valence-corrected chi connectivity index (χ4v) is 4.39. The molecule has 28 heavy (non-hydrogen) atoms. The molecule has 1 saturated carbocycles. The maximum Gasteiger partial charge on any atom is 0.573 e. The number of halogens is 3. The van der Waals surface area contributed by atoms with E-state index in [0.717, 1.165) is 37.8 Å². The molecule has 150 valence electrons. The van der Waals surface area contributed by atoms with Gasteiger partial charge >= 0.3 is 18.2 Å². The highest BCUT2D eigenvalue weighted by Crippen LogP contribution is 2.42. The van der Waals surface area contributed by atoms with Crippen molar-refractivity contribution in [1.29, 1.82) is 0 Å². The maximum atomic E-state index is 12.2. The summed E-state index contributed by atoms with van der Waals surface area (Å²) in [6.07, 6.45) is -0.728. The Bertz CT molecular complexity index is 814. The third kappa shape index (κ3) is 5.03. The number of carbonyl (C=O) groups is 2. The topological polar surface area (TPSA) is 67.4 Å². The zero-order valence-electron chi connectivity index (χ0n) is 14.8. The molecule has 2 amide bonds. The fourth-order valence-electron chi connectivity index (χ4n) is 3.40. The van der Waals surface area contributed by atoms with Crippen LogP contribution >= 0.6 is 11.3 Å². The first kappa shape index (κ1) is 20.2. The SMILES string of the molecule is O=C(NCC1(c2cccs2)CCCC1)C(=O)Nc1ccc(OC(F)(F)F)cc1. The Hall–Kier alpha value is -2.55. The van der Waals surface area contributed by atoms with Crippen LogP contribution in [0.3, 0.4) is 0 Å². The van der Waals surface area contributed by atoms with Crippen LogP contribution in [0.4, 0.5) is 18.9 Å². The molecule has 0 spiro atoms. The molecular formula is C19H19F3N2O3S. The molecule has 2 aromatic rings. The summed E-state index contributed by atoms with van der Waals surface area (Å²) in [5.74, 6) is -2.06. The number of thiophene rings is 1. The van der Waals surface area contributed by atoms with Crippen molar-refractivity contribution in [3.05, 3.63) is 46.7 Å². The van der Waals surface area contributed by atoms with Gasteiger partial charge in [0.05, 0.1) is 0 Å². The van der Waals surface area contributed by atoms with Crippen molar-refractivity contribution >= 4 is 28.8 Å². The number of hydrogen-bond donors (Lipinski definition) is 2. The minimum Gasteiger partial charge on any atom is -0.406 e. The summed E-state index contributed by atoms with van der Waals surface area (Å²) in [7, 11) is 0. The van der Waals surface area contributed by atoms with Gasteiger partial charge in [0.25, 0.3) is 0 Å². The van der Waals surface area contributed by atoms with E-state index >= 15 is 0 Å². The third-order valence-electron chi connectivity index (χ3n) is 4.74. The van der Waals surface area contributed by atoms with Gasteiger partial charge in [-0.1, -0.05) is 18.9 Å². The Morgan fingerprint density at radius 1 is 1.07 bits per heavy atom. The van der Waals surface area contributed by atoms with Gasteiger partial charge in [-0.2, -0.15) is 0 Å². The molecule has 1 aromatic heterocycles. The average molecular weight is 412 g/mol. The molecule has 1 aliphatic rings. The standard InChI is InChI=1S/C19H19F3N2O3S/c20-19(21,22)27-14-7-5-13(6-8-14)24-17(26)16(25)23-12-18(9-1-2-10-18)15-4-3-11-28-15/h3-8,11H,1-2,9-10,12H2,(H,23,25)(H,24,26). The van der Waals surface area contributed by atoms with Gasteiger partial charge in [0, 0.05) is 22.5 Å². The highest BCUT2D eigenvalue weighted by atomic mass is 32.1. The van der Waals surface area contributed by atoms with E-state index in [0.29, 0.717) is 6.54 Å². The summed E-state index contributed by atoms with van der Waals surface area (Å²) in [6.45, 7) is 0.373. The number of alkyl halides is 3. The summed E-state index contributed by atoms with van der Waals surface area (Å²) in [5.41, 5.74) is 0.0595. The first-order chi connectivity index (χ1) is 13.3. The van der Waals surface area contributed by atoms with Crippen molar-refractivity contribution in [2.24, 2.45) is 0 Å². The number of hydrogen-bond acceptors (Lipinski definition) is 4. The van der Waals surface area contributed by atoms with Crippen LogP contribution in [0.5, 0.6) is 5.75 Å². The summed E-state index contributed by atoms with van der Waals surface area (Å²) < 4.78 is 40.2. The van der Waals surface area contributed by atoms with Crippen LogP contribution < -0.4 is 15.4 Å². The number of amides is 2. The Morgan fingerprint density at radius 2 is 1.75 bits per heavy atom. The van der Waals surface area contributed by atoms with Crippen LogP contribution in [0.2, 0.25) is 0 Å².